The Morgan fingerprint density at radius 3 is 1.25 bits per heavy atom. The summed E-state index contributed by atoms with van der Waals surface area (Å²) >= 11 is 1.44. The molecule has 0 aromatic rings. The van der Waals surface area contributed by atoms with E-state index in [0.29, 0.717) is 0 Å². The summed E-state index contributed by atoms with van der Waals surface area (Å²) in [5, 5.41) is 0. The molecule has 0 rings (SSSR count). The third-order valence-corrected chi connectivity index (χ3v) is 0. The van der Waals surface area contributed by atoms with Crippen LogP contribution in [-0.4, -0.2) is 24.4 Å². The molecule has 0 nitrogen and oxygen atoms in total. The van der Waals surface area contributed by atoms with Crippen molar-refractivity contribution in [2.45, 2.75) is 0 Å². The smallest absolute Gasteiger partial charge is 0.0504 e. The largest absolute Gasteiger partial charge is 0.193 e. The van der Waals surface area contributed by atoms with Gasteiger partial charge in [-0.25, -0.2) is 0 Å². The molecule has 0 aliphatic carbocycles. The van der Waals surface area contributed by atoms with Crippen molar-refractivity contribution in [2.75, 3.05) is 0 Å². The van der Waals surface area contributed by atoms with Gasteiger partial charge in [0.05, 0.1) is 0 Å². The van der Waals surface area contributed by atoms with Crippen molar-refractivity contribution in [3.63, 3.8) is 0 Å². The van der Waals surface area contributed by atoms with E-state index in [9.17, 15) is 0 Å². The molecule has 0 saturated carbocycles. The standard InChI is InChI=1S/Al.Cu.Mn.H3Si.2H/h;;;1H3;;. The average molecular weight is 179 g/mol. The monoisotopic (exact) mass is 178 g/mol. The van der Waals surface area contributed by atoms with Crippen LogP contribution in [0.15, 0.2) is 0 Å². The molecular formula is H5AlCuMnSi. The SMILES string of the molecule is [AlH2][SiH3].[Cu].[Mn]. The van der Waals surface area contributed by atoms with Crippen LogP contribution in [0.3, 0.4) is 0 Å². The fraction of sp³-hybridized carbons (Fsp3) is 0. The van der Waals surface area contributed by atoms with E-state index < -0.39 is 0 Å². The van der Waals surface area contributed by atoms with E-state index >= 15 is 0 Å². The molecule has 0 spiro atoms. The Labute approximate surface area is 58.3 Å². The van der Waals surface area contributed by atoms with Crippen LogP contribution in [0.4, 0.5) is 0 Å². The Balaban J connectivity index is -0.00000000500. The maximum atomic E-state index is 1.44. The summed E-state index contributed by atoms with van der Waals surface area (Å²) in [6.45, 7) is 0. The Bertz CT molecular complexity index is 8.00. The van der Waals surface area contributed by atoms with E-state index in [-0.39, 0.29) is 34.1 Å². The van der Waals surface area contributed by atoms with Crippen LogP contribution in [-0.2, 0) is 34.1 Å². The summed E-state index contributed by atoms with van der Waals surface area (Å²) in [6.07, 6.45) is 0. The molecule has 0 aliphatic rings. The molecule has 30 valence electrons. The minimum absolute atomic E-state index is 0. The van der Waals surface area contributed by atoms with E-state index in [0.717, 1.165) is 0 Å². The molecule has 0 atom stereocenters. The molecule has 0 heterocycles. The maximum Gasteiger partial charge on any atom is 0.193 e. The van der Waals surface area contributed by atoms with Crippen LogP contribution in [0.5, 0.6) is 0 Å². The summed E-state index contributed by atoms with van der Waals surface area (Å²) < 4.78 is 0. The zero-order valence-electron chi connectivity index (χ0n) is 2.68. The second-order valence-corrected chi connectivity index (χ2v) is 0. The molecule has 0 bridgehead atoms. The van der Waals surface area contributed by atoms with E-state index in [1.807, 2.05) is 0 Å². The van der Waals surface area contributed by atoms with E-state index in [1.54, 1.807) is 0 Å². The van der Waals surface area contributed by atoms with Gasteiger partial charge in [-0.1, -0.05) is 8.80 Å². The quantitative estimate of drug-likeness (QED) is 0.373. The van der Waals surface area contributed by atoms with Crippen LogP contribution in [0.1, 0.15) is 0 Å². The molecule has 0 aromatic carbocycles. The van der Waals surface area contributed by atoms with Gasteiger partial charge < -0.3 is 0 Å². The number of hydrogen-bond donors (Lipinski definition) is 0. The van der Waals surface area contributed by atoms with Gasteiger partial charge in [-0.15, -0.1) is 0 Å². The van der Waals surface area contributed by atoms with Crippen LogP contribution >= 0.6 is 0 Å². The Kier molecular flexibility index (Phi) is 91.7. The van der Waals surface area contributed by atoms with Crippen molar-refractivity contribution in [3.05, 3.63) is 0 Å². The van der Waals surface area contributed by atoms with Crippen LogP contribution in [0.25, 0.3) is 0 Å². The van der Waals surface area contributed by atoms with Gasteiger partial charge in [0.25, 0.3) is 0 Å². The zero-order valence-corrected chi connectivity index (χ0v) is 8.80. The molecule has 2 radical (unpaired) electrons. The van der Waals surface area contributed by atoms with Gasteiger partial charge in [-0.2, -0.15) is 0 Å². The molecule has 0 aliphatic heterocycles. The third-order valence-electron chi connectivity index (χ3n) is 0. The normalized spacial score (nSPS) is 2.00. The van der Waals surface area contributed by atoms with Crippen molar-refractivity contribution in [1.29, 1.82) is 0 Å². The Hall–Kier alpha value is 1.79. The Morgan fingerprint density at radius 2 is 1.25 bits per heavy atom. The molecule has 0 aromatic heterocycles. The van der Waals surface area contributed by atoms with Crippen LogP contribution in [0.2, 0.25) is 0 Å². The first-order valence-electron chi connectivity index (χ1n) is 1.00. The molecule has 0 unspecified atom stereocenters. The molecule has 0 saturated heterocycles. The van der Waals surface area contributed by atoms with E-state index in [4.69, 9.17) is 0 Å². The Morgan fingerprint density at radius 1 is 1.25 bits per heavy atom. The maximum absolute atomic E-state index is 1.44. The van der Waals surface area contributed by atoms with Gasteiger partial charge in [-0.05, 0) is 0 Å². The van der Waals surface area contributed by atoms with Crippen molar-refractivity contribution >= 4 is 24.4 Å². The number of hydrogen-bond acceptors (Lipinski definition) is 0. The summed E-state index contributed by atoms with van der Waals surface area (Å²) in [7, 11) is 1.44. The van der Waals surface area contributed by atoms with E-state index in [1.165, 1.54) is 24.4 Å². The number of rotatable bonds is 0. The first-order chi connectivity index (χ1) is 1.00. The third kappa shape index (κ3) is 9.21. The first-order valence-corrected chi connectivity index (χ1v) is 9.00. The van der Waals surface area contributed by atoms with Gasteiger partial charge >= 0.3 is 0 Å². The topological polar surface area (TPSA) is 0 Å². The zero-order chi connectivity index (χ0) is 2.00. The van der Waals surface area contributed by atoms with Gasteiger partial charge in [-0.3, -0.25) is 0 Å². The van der Waals surface area contributed by atoms with Crippen molar-refractivity contribution in [3.8, 4) is 0 Å². The second-order valence-electron chi connectivity index (χ2n) is 0. The summed E-state index contributed by atoms with van der Waals surface area (Å²) in [5.41, 5.74) is 0. The summed E-state index contributed by atoms with van der Waals surface area (Å²) in [6, 6.07) is 0. The molecule has 4 heteroatoms. The fourth-order valence-electron chi connectivity index (χ4n) is 0. The van der Waals surface area contributed by atoms with Crippen LogP contribution in [0, 0.1) is 0 Å². The molecule has 0 N–H and O–H groups in total. The minimum atomic E-state index is 0. The van der Waals surface area contributed by atoms with Gasteiger partial charge in [0.15, 0.2) is 15.6 Å². The van der Waals surface area contributed by atoms with E-state index in [2.05, 4.69) is 0 Å². The molecule has 0 fully saturated rings. The van der Waals surface area contributed by atoms with Gasteiger partial charge in [0, 0.05) is 34.1 Å². The summed E-state index contributed by atoms with van der Waals surface area (Å²) in [4.78, 5) is 0. The predicted molar refractivity (Wildman–Crippen MR) is 18.5 cm³/mol. The molecular weight excluding hydrogens is 174 g/mol. The van der Waals surface area contributed by atoms with Crippen molar-refractivity contribution in [1.82, 2.24) is 0 Å². The average Bonchev–Trinajstić information content (AvgIpc) is 1.00. The minimum Gasteiger partial charge on any atom is -0.0504 e. The van der Waals surface area contributed by atoms with Crippen molar-refractivity contribution < 1.29 is 34.1 Å². The van der Waals surface area contributed by atoms with Crippen molar-refractivity contribution in [2.24, 2.45) is 0 Å². The predicted octanol–water partition coefficient (Wildman–Crippen LogP) is -2.11. The molecule has 4 heavy (non-hydrogen) atoms. The van der Waals surface area contributed by atoms with Gasteiger partial charge in [0.2, 0.25) is 0 Å². The fourth-order valence-corrected chi connectivity index (χ4v) is 0. The van der Waals surface area contributed by atoms with Crippen LogP contribution < -0.4 is 0 Å². The van der Waals surface area contributed by atoms with Gasteiger partial charge in [0.1, 0.15) is 0 Å². The second kappa shape index (κ2) is 21.5. The summed E-state index contributed by atoms with van der Waals surface area (Å²) in [5.74, 6) is 0. The molecule has 0 amide bonds. The first kappa shape index (κ1) is 17.1.